The van der Waals surface area contributed by atoms with Crippen LogP contribution in [0.3, 0.4) is 0 Å². The SMILES string of the molecule is CCCNc1nc(SCC)nc2c1cnn2CCNC(=O)c1cc(C(F)(F)F)cc(C(F)(F)F)c1. The maximum Gasteiger partial charge on any atom is 0.416 e. The van der Waals surface area contributed by atoms with Crippen molar-refractivity contribution < 1.29 is 31.1 Å². The van der Waals surface area contributed by atoms with Crippen molar-refractivity contribution in [2.75, 3.05) is 24.2 Å². The van der Waals surface area contributed by atoms with Gasteiger partial charge in [-0.1, -0.05) is 25.6 Å². The summed E-state index contributed by atoms with van der Waals surface area (Å²) in [5.74, 6) is 0.270. The van der Waals surface area contributed by atoms with E-state index < -0.39 is 35.0 Å². The predicted octanol–water partition coefficient (Wildman–Crippen LogP) is 5.23. The summed E-state index contributed by atoms with van der Waals surface area (Å²) in [4.78, 5) is 21.3. The molecule has 7 nitrogen and oxygen atoms in total. The zero-order valence-electron chi connectivity index (χ0n) is 18.7. The summed E-state index contributed by atoms with van der Waals surface area (Å²) in [7, 11) is 0. The van der Waals surface area contributed by atoms with Crippen LogP contribution in [0.2, 0.25) is 0 Å². The van der Waals surface area contributed by atoms with Crippen molar-refractivity contribution in [1.29, 1.82) is 0 Å². The van der Waals surface area contributed by atoms with Crippen molar-refractivity contribution in [3.05, 3.63) is 41.1 Å². The van der Waals surface area contributed by atoms with Gasteiger partial charge < -0.3 is 10.6 Å². The molecule has 1 aromatic carbocycles. The molecular formula is C21H22F6N6OS. The number of hydrogen-bond acceptors (Lipinski definition) is 6. The Morgan fingerprint density at radius 2 is 1.66 bits per heavy atom. The number of hydrogen-bond donors (Lipinski definition) is 2. The van der Waals surface area contributed by atoms with E-state index in [2.05, 4.69) is 25.7 Å². The smallest absolute Gasteiger partial charge is 0.369 e. The first kappa shape index (κ1) is 26.6. The molecule has 190 valence electrons. The lowest BCUT2D eigenvalue weighted by Gasteiger charge is -2.14. The number of fused-ring (bicyclic) bond motifs is 1. The van der Waals surface area contributed by atoms with Gasteiger partial charge in [-0.05, 0) is 30.4 Å². The summed E-state index contributed by atoms with van der Waals surface area (Å²) >= 11 is 1.43. The van der Waals surface area contributed by atoms with E-state index in [4.69, 9.17) is 0 Å². The van der Waals surface area contributed by atoms with Crippen molar-refractivity contribution in [3.63, 3.8) is 0 Å². The van der Waals surface area contributed by atoms with E-state index in [9.17, 15) is 31.1 Å². The van der Waals surface area contributed by atoms with Gasteiger partial charge in [0.15, 0.2) is 10.8 Å². The number of nitrogens with one attached hydrogen (secondary N) is 2. The Bertz CT molecular complexity index is 1160. The lowest BCUT2D eigenvalue weighted by Crippen LogP contribution is -2.28. The molecule has 0 unspecified atom stereocenters. The van der Waals surface area contributed by atoms with Crippen molar-refractivity contribution in [3.8, 4) is 0 Å². The van der Waals surface area contributed by atoms with Crippen LogP contribution in [0, 0.1) is 0 Å². The number of anilines is 1. The second-order valence-electron chi connectivity index (χ2n) is 7.37. The standard InChI is InChI=1S/C21H22F6N6OS/c1-3-5-28-16-15-11-30-33(17(15)32-19(31-16)35-4-2)7-6-29-18(34)12-8-13(20(22,23)24)10-14(9-12)21(25,26)27/h8-11H,3-7H2,1-2H3,(H,29,34)(H,28,31,32). The highest BCUT2D eigenvalue weighted by Crippen LogP contribution is 2.36. The summed E-state index contributed by atoms with van der Waals surface area (Å²) in [6, 6.07) is 0.754. The van der Waals surface area contributed by atoms with Crippen LogP contribution >= 0.6 is 11.8 Å². The summed E-state index contributed by atoms with van der Waals surface area (Å²) in [6.07, 6.45) is -7.66. The number of halogens is 6. The van der Waals surface area contributed by atoms with E-state index in [1.165, 1.54) is 16.4 Å². The molecule has 3 aromatic rings. The zero-order valence-corrected chi connectivity index (χ0v) is 19.5. The van der Waals surface area contributed by atoms with Crippen molar-refractivity contribution in [2.45, 2.75) is 44.3 Å². The Kier molecular flexibility index (Phi) is 8.13. The molecule has 14 heteroatoms. The second kappa shape index (κ2) is 10.7. The van der Waals surface area contributed by atoms with Crippen molar-refractivity contribution in [1.82, 2.24) is 25.1 Å². The van der Waals surface area contributed by atoms with E-state index in [0.717, 1.165) is 12.2 Å². The van der Waals surface area contributed by atoms with Crippen LogP contribution in [-0.4, -0.2) is 44.5 Å². The van der Waals surface area contributed by atoms with Crippen LogP contribution in [0.15, 0.2) is 29.6 Å². The third-order valence-electron chi connectivity index (χ3n) is 4.75. The van der Waals surface area contributed by atoms with Gasteiger partial charge in [-0.15, -0.1) is 0 Å². The molecule has 0 spiro atoms. The monoisotopic (exact) mass is 520 g/mol. The molecule has 0 saturated carbocycles. The molecule has 2 N–H and O–H groups in total. The number of aromatic nitrogens is 4. The fraction of sp³-hybridized carbons (Fsp3) is 0.429. The summed E-state index contributed by atoms with van der Waals surface area (Å²) in [6.45, 7) is 4.61. The van der Waals surface area contributed by atoms with Gasteiger partial charge in [-0.2, -0.15) is 31.4 Å². The number of alkyl halides is 6. The van der Waals surface area contributed by atoms with E-state index in [-0.39, 0.29) is 19.2 Å². The van der Waals surface area contributed by atoms with Crippen molar-refractivity contribution >= 4 is 34.5 Å². The van der Waals surface area contributed by atoms with Gasteiger partial charge in [-0.3, -0.25) is 4.79 Å². The molecule has 0 fully saturated rings. The highest BCUT2D eigenvalue weighted by Gasteiger charge is 2.37. The van der Waals surface area contributed by atoms with Crippen LogP contribution in [0.1, 0.15) is 41.8 Å². The van der Waals surface area contributed by atoms with Crippen molar-refractivity contribution in [2.24, 2.45) is 0 Å². The van der Waals surface area contributed by atoms with Gasteiger partial charge in [0.25, 0.3) is 5.91 Å². The first-order valence-corrected chi connectivity index (χ1v) is 11.6. The third-order valence-corrected chi connectivity index (χ3v) is 5.48. The highest BCUT2D eigenvalue weighted by atomic mass is 32.2. The van der Waals surface area contributed by atoms with Crippen LogP contribution in [-0.2, 0) is 18.9 Å². The fourth-order valence-corrected chi connectivity index (χ4v) is 3.70. The molecule has 0 radical (unpaired) electrons. The predicted molar refractivity (Wildman–Crippen MR) is 119 cm³/mol. The minimum Gasteiger partial charge on any atom is -0.369 e. The average molecular weight is 521 g/mol. The third kappa shape index (κ3) is 6.55. The van der Waals surface area contributed by atoms with Gasteiger partial charge in [-0.25, -0.2) is 14.6 Å². The molecule has 0 saturated heterocycles. The van der Waals surface area contributed by atoms with Crippen LogP contribution < -0.4 is 10.6 Å². The Labute approximate surface area is 200 Å². The number of rotatable bonds is 9. The van der Waals surface area contributed by atoms with Gasteiger partial charge >= 0.3 is 12.4 Å². The molecule has 0 aliphatic carbocycles. The Balaban J connectivity index is 1.79. The number of carbonyl (C=O) groups is 1. The van der Waals surface area contributed by atoms with Crippen LogP contribution in [0.5, 0.6) is 0 Å². The van der Waals surface area contributed by atoms with E-state index in [0.29, 0.717) is 40.7 Å². The van der Waals surface area contributed by atoms with E-state index in [1.54, 1.807) is 6.20 Å². The molecule has 2 aromatic heterocycles. The minimum atomic E-state index is -5.04. The molecule has 3 rings (SSSR count). The number of amides is 1. The quantitative estimate of drug-likeness (QED) is 0.229. The normalized spacial score (nSPS) is 12.2. The molecule has 0 atom stereocenters. The zero-order chi connectivity index (χ0) is 25.8. The Morgan fingerprint density at radius 3 is 2.23 bits per heavy atom. The molecule has 0 bridgehead atoms. The maximum atomic E-state index is 13.1. The topological polar surface area (TPSA) is 84.7 Å². The van der Waals surface area contributed by atoms with Gasteiger partial charge in [0.2, 0.25) is 0 Å². The summed E-state index contributed by atoms with van der Waals surface area (Å²) in [5, 5.41) is 11.0. The molecular weight excluding hydrogens is 498 g/mol. The summed E-state index contributed by atoms with van der Waals surface area (Å²) in [5.41, 5.74) is -3.37. The van der Waals surface area contributed by atoms with E-state index >= 15 is 0 Å². The Morgan fingerprint density at radius 1 is 1.00 bits per heavy atom. The number of benzene rings is 1. The maximum absolute atomic E-state index is 13.1. The number of thioether (sulfide) groups is 1. The molecule has 35 heavy (non-hydrogen) atoms. The number of carbonyl (C=O) groups excluding carboxylic acids is 1. The fourth-order valence-electron chi connectivity index (χ4n) is 3.13. The molecule has 1 amide bonds. The first-order valence-electron chi connectivity index (χ1n) is 10.6. The van der Waals surface area contributed by atoms with Gasteiger partial charge in [0.1, 0.15) is 5.82 Å². The minimum absolute atomic E-state index is 0.0254. The highest BCUT2D eigenvalue weighted by molar-refractivity contribution is 7.99. The van der Waals surface area contributed by atoms with Gasteiger partial charge in [0.05, 0.1) is 29.3 Å². The molecule has 0 aliphatic rings. The largest absolute Gasteiger partial charge is 0.416 e. The Hall–Kier alpha value is -3.03. The van der Waals surface area contributed by atoms with Crippen LogP contribution in [0.4, 0.5) is 32.2 Å². The molecule has 0 aliphatic heterocycles. The first-order chi connectivity index (χ1) is 16.4. The lowest BCUT2D eigenvalue weighted by molar-refractivity contribution is -0.143. The molecule has 2 heterocycles. The number of nitrogens with zero attached hydrogens (tertiary/aromatic N) is 4. The van der Waals surface area contributed by atoms with Gasteiger partial charge in [0, 0.05) is 18.7 Å². The summed E-state index contributed by atoms with van der Waals surface area (Å²) < 4.78 is 79.8. The second-order valence-corrected chi connectivity index (χ2v) is 8.60. The lowest BCUT2D eigenvalue weighted by atomic mass is 10.0. The van der Waals surface area contributed by atoms with E-state index in [1.807, 2.05) is 13.8 Å². The average Bonchev–Trinajstić information content (AvgIpc) is 3.19. The van der Waals surface area contributed by atoms with Crippen LogP contribution in [0.25, 0.3) is 11.0 Å².